The van der Waals surface area contributed by atoms with Crippen LogP contribution in [0.15, 0.2) is 141 Å². The summed E-state index contributed by atoms with van der Waals surface area (Å²) < 4.78 is 74.3. The van der Waals surface area contributed by atoms with Crippen molar-refractivity contribution in [3.05, 3.63) is 186 Å². The van der Waals surface area contributed by atoms with Gasteiger partial charge in [-0.1, -0.05) is 100 Å². The van der Waals surface area contributed by atoms with Gasteiger partial charge < -0.3 is 68.1 Å². The first-order valence-corrected chi connectivity index (χ1v) is 43.9. The number of rotatable bonds is 24. The minimum Gasteiger partial charge on any atom is -0.462 e. The van der Waals surface area contributed by atoms with Crippen molar-refractivity contribution in [2.45, 2.75) is 153 Å². The van der Waals surface area contributed by atoms with Gasteiger partial charge in [0, 0.05) is 147 Å². The number of benzene rings is 5. The molecule has 8 aromatic rings. The molecule has 33 heteroatoms. The van der Waals surface area contributed by atoms with E-state index in [0.29, 0.717) is 153 Å². The third kappa shape index (κ3) is 21.7. The molecule has 0 N–H and O–H groups in total. The predicted molar refractivity (Wildman–Crippen MR) is 500 cm³/mol. The van der Waals surface area contributed by atoms with Gasteiger partial charge in [0.25, 0.3) is 0 Å². The first-order chi connectivity index (χ1) is 60.9. The summed E-state index contributed by atoms with van der Waals surface area (Å²) in [7, 11) is 4.28. The summed E-state index contributed by atoms with van der Waals surface area (Å²) in [5, 5.41) is 32.8. The number of ether oxygens (including phenoxy) is 3. The summed E-state index contributed by atoms with van der Waals surface area (Å²) in [5.41, 5.74) is 7.24. The Morgan fingerprint density at radius 1 is 0.508 bits per heavy atom. The number of fused-ring (bicyclic) bond motifs is 5. The van der Waals surface area contributed by atoms with E-state index in [1.807, 2.05) is 29.2 Å². The van der Waals surface area contributed by atoms with E-state index in [1.165, 1.54) is 52.9 Å². The van der Waals surface area contributed by atoms with Crippen LogP contribution in [-0.2, 0) is 59.5 Å². The molecule has 0 bridgehead atoms. The first-order valence-electron chi connectivity index (χ1n) is 43.9. The Balaban J connectivity index is 0.000000173. The molecule has 5 aromatic carbocycles. The van der Waals surface area contributed by atoms with E-state index in [0.717, 1.165) is 127 Å². The maximum atomic E-state index is 14.2. The maximum Gasteiger partial charge on any atom is 0.418 e. The van der Waals surface area contributed by atoms with E-state index in [9.17, 15) is 47.7 Å². The highest BCUT2D eigenvalue weighted by Crippen LogP contribution is 2.43. The average molecular weight is 1790 g/mol. The van der Waals surface area contributed by atoms with Crippen LogP contribution in [-0.4, -0.2) is 251 Å². The predicted octanol–water partition coefficient (Wildman–Crippen LogP) is 12.6. The molecule has 3 aromatic heterocycles. The smallest absolute Gasteiger partial charge is 0.418 e. The van der Waals surface area contributed by atoms with Crippen molar-refractivity contribution in [3.8, 4) is 36.2 Å². The van der Waals surface area contributed by atoms with Gasteiger partial charge in [-0.3, -0.25) is 19.3 Å². The van der Waals surface area contributed by atoms with Gasteiger partial charge in [0.05, 0.1) is 97.9 Å². The third-order valence-corrected chi connectivity index (χ3v) is 26.2. The molecule has 0 aliphatic carbocycles. The molecular formula is C95H117F4N21O6S2. The summed E-state index contributed by atoms with van der Waals surface area (Å²) in [6, 6.07) is 38.8. The Morgan fingerprint density at radius 3 is 1.37 bits per heavy atom. The van der Waals surface area contributed by atoms with E-state index < -0.39 is 11.7 Å². The minimum absolute atomic E-state index is 0. The van der Waals surface area contributed by atoms with Gasteiger partial charge in [0.1, 0.15) is 43.1 Å². The molecule has 5 saturated heterocycles. The number of para-hydroxylation sites is 1. The molecule has 11 heterocycles. The number of hydrogen-bond acceptors (Lipinski definition) is 24. The number of hydrogen-bond donors (Lipinski definition) is 0. The second kappa shape index (κ2) is 43.0. The molecule has 5 atom stereocenters. The number of likely N-dealkylation sites (tertiary alicyclic amines) is 2. The lowest BCUT2D eigenvalue weighted by molar-refractivity contribution is -0.137. The zero-order valence-electron chi connectivity index (χ0n) is 74.0. The lowest BCUT2D eigenvalue weighted by atomic mass is 10.0. The quantitative estimate of drug-likeness (QED) is 0.0402. The van der Waals surface area contributed by atoms with Gasteiger partial charge >= 0.3 is 24.2 Å². The third-order valence-electron chi connectivity index (χ3n) is 26.2. The molecule has 8 aliphatic heterocycles. The zero-order valence-corrected chi connectivity index (χ0v) is 76.0. The topological polar surface area (TPSA) is 266 Å². The summed E-state index contributed by atoms with van der Waals surface area (Å²) in [6.45, 7) is 32.2. The molecule has 0 spiro atoms. The maximum absolute atomic E-state index is 14.2. The fourth-order valence-corrected chi connectivity index (χ4v) is 18.9. The van der Waals surface area contributed by atoms with Crippen molar-refractivity contribution in [2.24, 2.45) is 0 Å². The van der Waals surface area contributed by atoms with Gasteiger partial charge in [-0.2, -0.15) is 85.9 Å². The molecule has 678 valence electrons. The summed E-state index contributed by atoms with van der Waals surface area (Å²) in [6.07, 6.45) is 6.42. The lowest BCUT2D eigenvalue weighted by Gasteiger charge is -2.42. The zero-order chi connectivity index (χ0) is 88.9. The summed E-state index contributed by atoms with van der Waals surface area (Å²) in [4.78, 5) is 91.6. The van der Waals surface area contributed by atoms with E-state index in [2.05, 4.69) is 161 Å². The van der Waals surface area contributed by atoms with E-state index >= 15 is 0 Å². The number of amides is 3. The van der Waals surface area contributed by atoms with Gasteiger partial charge in [0.2, 0.25) is 17.7 Å². The van der Waals surface area contributed by atoms with Gasteiger partial charge in [-0.15, -0.1) is 0 Å². The van der Waals surface area contributed by atoms with Crippen molar-refractivity contribution in [2.75, 3.05) is 168 Å². The second-order valence-corrected chi connectivity index (χ2v) is 33.9. The lowest BCUT2D eigenvalue weighted by Crippen LogP contribution is -2.55. The second-order valence-electron chi connectivity index (χ2n) is 33.9. The Labute approximate surface area is 761 Å². The number of nitriles is 3. The number of anilines is 6. The van der Waals surface area contributed by atoms with Gasteiger partial charge in [-0.25, -0.2) is 4.39 Å². The number of carbonyl (C=O) groups is 3. The number of likely N-dealkylation sites (N-methyl/N-ethyl adjacent to an activating group) is 3. The number of nitrogens with zero attached hydrogens (tertiary/aromatic N) is 21. The van der Waals surface area contributed by atoms with E-state index in [4.69, 9.17) is 39.1 Å². The Kier molecular flexibility index (Phi) is 32.1. The molecular weight excluding hydrogens is 1670 g/mol. The number of alkyl halides is 3. The number of carbonyl (C=O) groups excluding carboxylic acids is 3. The number of aromatic nitrogens is 6. The largest absolute Gasteiger partial charge is 0.462 e. The van der Waals surface area contributed by atoms with Crippen LogP contribution in [0.4, 0.5) is 52.1 Å². The molecule has 3 amide bonds. The van der Waals surface area contributed by atoms with Crippen molar-refractivity contribution >= 4 is 101 Å². The normalized spacial score (nSPS) is 19.7. The molecule has 3 unspecified atom stereocenters. The fourth-order valence-electron chi connectivity index (χ4n) is 18.9. The van der Waals surface area contributed by atoms with E-state index in [-0.39, 0.29) is 112 Å². The molecule has 5 fully saturated rings. The fraction of sp³-hybridized carbons (Fsp3) is 0.474. The average Bonchev–Trinajstić information content (AvgIpc) is 1.07. The molecule has 0 saturated carbocycles. The SMILES string of the molecule is C=CC(=O)N1CCN(c2nc(OCCN(CC)CC)nc3c2CCN(c2ccccc2C(F)(F)F)C3)CC1CC#N.C=CC(=O)N1CCN(c2nc(OC[C@@H]3CCC(C)(C)N3C)nc3c2CCN(c2cccc4ccccc24)C3)CC1CC#N.C=CC(=O)N1CCN(c2nc(OC[C@@H]3CCCN3C)nc3c2CCN(c2cccc4ccc(F)cc24)C3)CC1CC#N.S.S. The monoisotopic (exact) mass is 1790 g/mol. The van der Waals surface area contributed by atoms with Crippen LogP contribution in [0, 0.1) is 39.8 Å². The highest BCUT2D eigenvalue weighted by Gasteiger charge is 2.42. The molecule has 16 rings (SSSR count). The van der Waals surface area contributed by atoms with Crippen LogP contribution in [0.2, 0.25) is 0 Å². The van der Waals surface area contributed by atoms with Crippen LogP contribution in [0.3, 0.4) is 0 Å². The Bertz CT molecular complexity index is 5430. The van der Waals surface area contributed by atoms with Crippen LogP contribution in [0.1, 0.15) is 112 Å². The number of halogens is 4. The minimum atomic E-state index is -4.48. The van der Waals surface area contributed by atoms with Crippen LogP contribution >= 0.6 is 27.0 Å². The highest BCUT2D eigenvalue weighted by molar-refractivity contribution is 7.59. The van der Waals surface area contributed by atoms with Crippen molar-refractivity contribution in [3.63, 3.8) is 0 Å². The Morgan fingerprint density at radius 2 is 0.930 bits per heavy atom. The molecule has 27 nitrogen and oxygen atoms in total. The van der Waals surface area contributed by atoms with Crippen LogP contribution in [0.25, 0.3) is 21.5 Å². The summed E-state index contributed by atoms with van der Waals surface area (Å²) in [5.74, 6) is 1.54. The van der Waals surface area contributed by atoms with E-state index in [1.54, 1.807) is 31.7 Å². The summed E-state index contributed by atoms with van der Waals surface area (Å²) >= 11 is 0. The molecule has 8 aliphatic rings. The number of piperazine rings is 3. The van der Waals surface area contributed by atoms with Gasteiger partial charge in [0.15, 0.2) is 0 Å². The Hall–Kier alpha value is -11.5. The highest BCUT2D eigenvalue weighted by atomic mass is 32.1. The van der Waals surface area contributed by atoms with Gasteiger partial charge in [-0.05, 0) is 158 Å². The standard InChI is InChI=1S/C34H41N7O2.C32H36FN7O2.C29H36F3N7O2.2H2S/c1-5-31(42)41-20-19-40(21-25(41)14-17-35)32-28-15-18-39(30-12-8-10-24-9-6-7-11-27(24)30)22-29(28)36-33(37-32)43-23-26-13-16-34(2,3)38(26)4;1-3-30(41)40-17-16-39(19-24(40)11-13-34)31-26-12-15-38(29-8-4-6-22-9-10-23(33)18-27(22)29)20-28(26)35-32(36-31)42-21-25-7-5-14-37(25)2;1-4-26(40)39-16-15-38(19-21(39)11-13-33)27-22-12-14-37(25-10-8-7-9-23(25)29(30,31)32)20-24(22)34-28(35-27)41-18-17-36(5-2)6-3;;/h5-12,25-26H,1,13-16,18-23H2,2-4H3;3-4,6,8-10,18,24-25H,1,5,7,11-12,14-17,19-21H2,2H3;4,7-10,21H,1,5-6,11-12,14-20H2,2-3H3;2*1H2/t25?,26-;24?,25-;;;/m00.../s1. The van der Waals surface area contributed by atoms with Crippen molar-refractivity contribution in [1.29, 1.82) is 15.8 Å². The van der Waals surface area contributed by atoms with Crippen molar-refractivity contribution < 1.29 is 46.2 Å². The molecule has 128 heavy (non-hydrogen) atoms. The molecule has 0 radical (unpaired) electrons. The van der Waals surface area contributed by atoms with Crippen molar-refractivity contribution in [1.82, 2.24) is 59.3 Å². The van der Waals surface area contributed by atoms with Crippen LogP contribution in [0.5, 0.6) is 18.0 Å². The first kappa shape index (κ1) is 95.6. The van der Waals surface area contributed by atoms with Crippen LogP contribution < -0.4 is 43.6 Å².